The lowest BCUT2D eigenvalue weighted by atomic mass is 9.90. The SMILES string of the molecule is O=C1C=Cc2ccccc2C1=Cc1c(O)[nH]c(=O)[nH]c1=O. The van der Waals surface area contributed by atoms with Gasteiger partial charge in [-0.2, -0.15) is 0 Å². The van der Waals surface area contributed by atoms with Gasteiger partial charge in [0.25, 0.3) is 5.56 Å². The van der Waals surface area contributed by atoms with E-state index in [4.69, 9.17) is 0 Å². The molecular formula is C15H10N2O4. The summed E-state index contributed by atoms with van der Waals surface area (Å²) in [6.45, 7) is 0. The van der Waals surface area contributed by atoms with Crippen LogP contribution in [-0.4, -0.2) is 20.9 Å². The van der Waals surface area contributed by atoms with E-state index in [1.807, 2.05) is 17.1 Å². The van der Waals surface area contributed by atoms with E-state index in [1.54, 1.807) is 18.2 Å². The van der Waals surface area contributed by atoms with E-state index in [0.29, 0.717) is 5.56 Å². The highest BCUT2D eigenvalue weighted by atomic mass is 16.3. The minimum absolute atomic E-state index is 0.164. The monoisotopic (exact) mass is 282 g/mol. The van der Waals surface area contributed by atoms with Crippen LogP contribution >= 0.6 is 0 Å². The number of ketones is 1. The molecule has 6 heteroatoms. The molecule has 6 nitrogen and oxygen atoms in total. The average Bonchev–Trinajstić information content (AvgIpc) is 2.44. The fourth-order valence-electron chi connectivity index (χ4n) is 2.19. The third-order valence-electron chi connectivity index (χ3n) is 3.18. The third kappa shape index (κ3) is 2.23. The molecule has 3 N–H and O–H groups in total. The zero-order valence-corrected chi connectivity index (χ0v) is 10.7. The Hall–Kier alpha value is -3.15. The second kappa shape index (κ2) is 4.75. The predicted octanol–water partition coefficient (Wildman–Crippen LogP) is 0.905. The fourth-order valence-corrected chi connectivity index (χ4v) is 2.19. The molecular weight excluding hydrogens is 272 g/mol. The highest BCUT2D eigenvalue weighted by Crippen LogP contribution is 2.28. The Morgan fingerprint density at radius 3 is 2.52 bits per heavy atom. The molecule has 0 fully saturated rings. The van der Waals surface area contributed by atoms with Gasteiger partial charge in [-0.1, -0.05) is 30.3 Å². The maximum Gasteiger partial charge on any atom is 0.328 e. The number of hydrogen-bond acceptors (Lipinski definition) is 4. The highest BCUT2D eigenvalue weighted by Gasteiger charge is 2.18. The fraction of sp³-hybridized carbons (Fsp3) is 0. The molecule has 1 aliphatic rings. The van der Waals surface area contributed by atoms with Gasteiger partial charge in [0.2, 0.25) is 5.88 Å². The number of aromatic nitrogens is 2. The maximum absolute atomic E-state index is 12.0. The van der Waals surface area contributed by atoms with E-state index in [9.17, 15) is 19.5 Å². The number of aromatic hydroxyl groups is 1. The number of carbonyl (C=O) groups is 1. The van der Waals surface area contributed by atoms with Crippen LogP contribution in [0.15, 0.2) is 39.9 Å². The van der Waals surface area contributed by atoms with E-state index >= 15 is 0 Å². The summed E-state index contributed by atoms with van der Waals surface area (Å²) in [6, 6.07) is 7.19. The van der Waals surface area contributed by atoms with Gasteiger partial charge < -0.3 is 5.11 Å². The average molecular weight is 282 g/mol. The molecule has 3 rings (SSSR count). The second-order valence-corrected chi connectivity index (χ2v) is 4.51. The van der Waals surface area contributed by atoms with Gasteiger partial charge >= 0.3 is 5.69 Å². The van der Waals surface area contributed by atoms with E-state index in [-0.39, 0.29) is 16.9 Å². The van der Waals surface area contributed by atoms with Crippen molar-refractivity contribution < 1.29 is 9.90 Å². The summed E-state index contributed by atoms with van der Waals surface area (Å²) in [6.07, 6.45) is 4.35. The number of hydrogen-bond donors (Lipinski definition) is 3. The smallest absolute Gasteiger partial charge is 0.328 e. The molecule has 0 radical (unpaired) electrons. The van der Waals surface area contributed by atoms with Crippen LogP contribution in [0.3, 0.4) is 0 Å². The summed E-state index contributed by atoms with van der Waals surface area (Å²) in [5.74, 6) is -0.852. The van der Waals surface area contributed by atoms with Gasteiger partial charge in [0.15, 0.2) is 5.78 Å². The Balaban J connectivity index is 2.25. The van der Waals surface area contributed by atoms with Crippen LogP contribution in [0.25, 0.3) is 17.7 Å². The van der Waals surface area contributed by atoms with Crippen molar-refractivity contribution in [3.63, 3.8) is 0 Å². The number of H-pyrrole nitrogens is 2. The summed E-state index contributed by atoms with van der Waals surface area (Å²) in [5, 5.41) is 9.69. The lowest BCUT2D eigenvalue weighted by Gasteiger charge is -2.12. The molecule has 1 heterocycles. The van der Waals surface area contributed by atoms with Crippen LogP contribution in [0.5, 0.6) is 5.88 Å². The summed E-state index contributed by atoms with van der Waals surface area (Å²) in [4.78, 5) is 38.9. The second-order valence-electron chi connectivity index (χ2n) is 4.51. The number of fused-ring (bicyclic) bond motifs is 1. The summed E-state index contributed by atoms with van der Waals surface area (Å²) in [7, 11) is 0. The molecule has 0 atom stereocenters. The molecule has 1 aromatic carbocycles. The van der Waals surface area contributed by atoms with Gasteiger partial charge in [-0.15, -0.1) is 0 Å². The lowest BCUT2D eigenvalue weighted by molar-refractivity contribution is -0.109. The van der Waals surface area contributed by atoms with Crippen molar-refractivity contribution in [2.45, 2.75) is 0 Å². The third-order valence-corrected chi connectivity index (χ3v) is 3.18. The molecule has 0 spiro atoms. The number of allylic oxidation sites excluding steroid dienone is 2. The van der Waals surface area contributed by atoms with Crippen molar-refractivity contribution >= 4 is 23.5 Å². The Morgan fingerprint density at radius 2 is 1.76 bits per heavy atom. The van der Waals surface area contributed by atoms with Crippen LogP contribution in [0.2, 0.25) is 0 Å². The van der Waals surface area contributed by atoms with E-state index in [0.717, 1.165) is 5.56 Å². The first-order chi connectivity index (χ1) is 10.1. The quantitative estimate of drug-likeness (QED) is 0.676. The van der Waals surface area contributed by atoms with E-state index in [2.05, 4.69) is 4.98 Å². The molecule has 2 aromatic rings. The first kappa shape index (κ1) is 12.9. The van der Waals surface area contributed by atoms with E-state index < -0.39 is 17.1 Å². The van der Waals surface area contributed by atoms with Crippen LogP contribution in [0.4, 0.5) is 0 Å². The molecule has 104 valence electrons. The van der Waals surface area contributed by atoms with Gasteiger partial charge in [-0.05, 0) is 23.3 Å². The summed E-state index contributed by atoms with van der Waals surface area (Å²) in [5.41, 5.74) is 0.0428. The number of aromatic amines is 2. The van der Waals surface area contributed by atoms with Crippen LogP contribution < -0.4 is 11.2 Å². The van der Waals surface area contributed by atoms with Crippen molar-refractivity contribution in [3.05, 3.63) is 67.9 Å². The maximum atomic E-state index is 12.0. The number of rotatable bonds is 1. The number of nitrogens with one attached hydrogen (secondary N) is 2. The molecule has 0 bridgehead atoms. The minimum atomic E-state index is -0.810. The molecule has 0 unspecified atom stereocenters. The van der Waals surface area contributed by atoms with Gasteiger partial charge in [-0.3, -0.25) is 19.6 Å². The lowest BCUT2D eigenvalue weighted by Crippen LogP contribution is -2.23. The molecule has 1 aromatic heterocycles. The first-order valence-electron chi connectivity index (χ1n) is 6.15. The summed E-state index contributed by atoms with van der Waals surface area (Å²) >= 11 is 0. The molecule has 0 saturated heterocycles. The molecule has 0 saturated carbocycles. The highest BCUT2D eigenvalue weighted by molar-refractivity contribution is 6.33. The molecule has 21 heavy (non-hydrogen) atoms. The minimum Gasteiger partial charge on any atom is -0.494 e. The Morgan fingerprint density at radius 1 is 1.00 bits per heavy atom. The standard InChI is InChI=1S/C15H10N2O4/c18-12-6-5-8-3-1-2-4-9(8)10(12)7-11-13(19)16-15(21)17-14(11)20/h1-7H,(H3,16,17,19,20,21). The molecule has 1 aliphatic carbocycles. The van der Waals surface area contributed by atoms with Crippen LogP contribution in [0, 0.1) is 0 Å². The number of benzene rings is 1. The van der Waals surface area contributed by atoms with Crippen molar-refractivity contribution in [2.75, 3.05) is 0 Å². The van der Waals surface area contributed by atoms with Gasteiger partial charge in [0.05, 0.1) is 0 Å². The molecule has 0 aliphatic heterocycles. The van der Waals surface area contributed by atoms with Crippen LogP contribution in [-0.2, 0) is 4.79 Å². The summed E-state index contributed by atoms with van der Waals surface area (Å²) < 4.78 is 0. The zero-order chi connectivity index (χ0) is 15.0. The normalized spacial score (nSPS) is 15.2. The first-order valence-corrected chi connectivity index (χ1v) is 6.15. The largest absolute Gasteiger partial charge is 0.494 e. The zero-order valence-electron chi connectivity index (χ0n) is 10.7. The topological polar surface area (TPSA) is 103 Å². The van der Waals surface area contributed by atoms with E-state index in [1.165, 1.54) is 12.2 Å². The van der Waals surface area contributed by atoms with Gasteiger partial charge in [0, 0.05) is 5.57 Å². The van der Waals surface area contributed by atoms with Crippen molar-refractivity contribution in [1.29, 1.82) is 0 Å². The van der Waals surface area contributed by atoms with Crippen molar-refractivity contribution in [3.8, 4) is 5.88 Å². The van der Waals surface area contributed by atoms with Crippen molar-refractivity contribution in [2.24, 2.45) is 0 Å². The molecule has 0 amide bonds. The predicted molar refractivity (Wildman–Crippen MR) is 77.7 cm³/mol. The van der Waals surface area contributed by atoms with Crippen LogP contribution in [0.1, 0.15) is 16.7 Å². The Kier molecular flexibility index (Phi) is 2.91. The van der Waals surface area contributed by atoms with Gasteiger partial charge in [0.1, 0.15) is 5.56 Å². The Labute approximate surface area is 118 Å². The number of carbonyl (C=O) groups excluding carboxylic acids is 1. The van der Waals surface area contributed by atoms with Gasteiger partial charge in [-0.25, -0.2) is 4.79 Å². The Bertz CT molecular complexity index is 916. The van der Waals surface area contributed by atoms with Crippen molar-refractivity contribution in [1.82, 2.24) is 9.97 Å².